The summed E-state index contributed by atoms with van der Waals surface area (Å²) in [6, 6.07) is 8.70. The fraction of sp³-hybridized carbons (Fsp3) is 0.409. The summed E-state index contributed by atoms with van der Waals surface area (Å²) in [5.74, 6) is 0.890. The molecule has 0 aliphatic carbocycles. The van der Waals surface area contributed by atoms with Crippen LogP contribution in [-0.2, 0) is 17.1 Å². The van der Waals surface area contributed by atoms with Gasteiger partial charge in [0.25, 0.3) is 0 Å². The predicted octanol–water partition coefficient (Wildman–Crippen LogP) is 2.94. The zero-order valence-corrected chi connectivity index (χ0v) is 18.7. The molecule has 0 amide bonds. The van der Waals surface area contributed by atoms with Gasteiger partial charge in [-0.2, -0.15) is 4.39 Å². The van der Waals surface area contributed by atoms with Gasteiger partial charge in [0.15, 0.2) is 0 Å². The normalized spacial score (nSPS) is 18.9. The molecule has 4 heterocycles. The Labute approximate surface area is 186 Å². The van der Waals surface area contributed by atoms with Crippen LogP contribution in [0.2, 0.25) is 0 Å². The molecule has 2 aliphatic heterocycles. The van der Waals surface area contributed by atoms with Gasteiger partial charge < -0.3 is 9.47 Å². The maximum absolute atomic E-state index is 13.5. The van der Waals surface area contributed by atoms with E-state index in [0.29, 0.717) is 24.6 Å². The van der Waals surface area contributed by atoms with Crippen LogP contribution in [0, 0.1) is 5.95 Å². The number of piperidine rings is 1. The van der Waals surface area contributed by atoms with Gasteiger partial charge in [-0.05, 0) is 37.5 Å². The Bertz CT molecular complexity index is 1220. The molecule has 0 atom stereocenters. The summed E-state index contributed by atoms with van der Waals surface area (Å²) in [5, 5.41) is 8.28. The van der Waals surface area contributed by atoms with Crippen molar-refractivity contribution >= 4 is 21.4 Å². The van der Waals surface area contributed by atoms with Crippen LogP contribution in [0.3, 0.4) is 0 Å². The van der Waals surface area contributed by atoms with E-state index in [0.717, 1.165) is 48.6 Å². The molecule has 0 unspecified atom stereocenters. The van der Waals surface area contributed by atoms with E-state index in [1.807, 2.05) is 29.8 Å². The first-order chi connectivity index (χ1) is 15.4. The van der Waals surface area contributed by atoms with E-state index in [9.17, 15) is 12.8 Å². The van der Waals surface area contributed by atoms with Gasteiger partial charge in [-0.25, -0.2) is 13.4 Å². The maximum Gasteiger partial charge on any atom is 0.235 e. The van der Waals surface area contributed by atoms with Crippen LogP contribution in [0.25, 0.3) is 11.1 Å². The third-order valence-corrected chi connectivity index (χ3v) is 8.20. The van der Waals surface area contributed by atoms with Crippen LogP contribution in [0.5, 0.6) is 0 Å². The van der Waals surface area contributed by atoms with Crippen LogP contribution >= 0.6 is 0 Å². The highest BCUT2D eigenvalue weighted by Gasteiger charge is 2.33. The van der Waals surface area contributed by atoms with E-state index >= 15 is 0 Å². The Kier molecular flexibility index (Phi) is 5.32. The van der Waals surface area contributed by atoms with Crippen molar-refractivity contribution in [2.45, 2.75) is 25.2 Å². The molecule has 0 bridgehead atoms. The van der Waals surface area contributed by atoms with Crippen LogP contribution in [0.4, 0.5) is 15.8 Å². The second kappa shape index (κ2) is 8.16. The lowest BCUT2D eigenvalue weighted by atomic mass is 9.94. The Morgan fingerprint density at radius 3 is 2.53 bits per heavy atom. The minimum absolute atomic E-state index is 0.156. The molecular weight excluding hydrogens is 431 g/mol. The molecule has 2 aliphatic rings. The smallest absolute Gasteiger partial charge is 0.235 e. The number of halogens is 1. The number of hydrogen-bond donors (Lipinski definition) is 0. The van der Waals surface area contributed by atoms with E-state index in [1.165, 1.54) is 16.6 Å². The lowest BCUT2D eigenvalue weighted by molar-refractivity contribution is 0.474. The lowest BCUT2D eigenvalue weighted by Gasteiger charge is -2.37. The monoisotopic (exact) mass is 456 g/mol. The summed E-state index contributed by atoms with van der Waals surface area (Å²) in [6.45, 7) is 1.98. The second-order valence-corrected chi connectivity index (χ2v) is 10.4. The van der Waals surface area contributed by atoms with Gasteiger partial charge in [0.05, 0.1) is 17.1 Å². The van der Waals surface area contributed by atoms with E-state index < -0.39 is 16.0 Å². The van der Waals surface area contributed by atoms with Gasteiger partial charge >= 0.3 is 0 Å². The van der Waals surface area contributed by atoms with Gasteiger partial charge in [0.2, 0.25) is 16.0 Å². The minimum atomic E-state index is -3.35. The summed E-state index contributed by atoms with van der Waals surface area (Å²) in [6.07, 6.45) is 5.60. The first kappa shape index (κ1) is 20.9. The summed E-state index contributed by atoms with van der Waals surface area (Å²) < 4.78 is 42.5. The van der Waals surface area contributed by atoms with Crippen LogP contribution in [0.15, 0.2) is 42.9 Å². The highest BCUT2D eigenvalue weighted by molar-refractivity contribution is 7.93. The van der Waals surface area contributed by atoms with Crippen LogP contribution in [-0.4, -0.2) is 53.6 Å². The standard InChI is InChI=1S/C22H25FN6O2S/c1-27-15-25-26-22(27)16-8-11-28(12-9-16)21-18(17-6-7-20(23)24-14-17)4-2-5-19(21)29-10-3-13-32(29,30)31/h2,4-7,14-16H,3,8-13H2,1H3. The number of rotatable bonds is 4. The topological polar surface area (TPSA) is 84.2 Å². The van der Waals surface area contributed by atoms with Gasteiger partial charge in [-0.1, -0.05) is 12.1 Å². The van der Waals surface area contributed by atoms with Gasteiger partial charge in [-0.3, -0.25) is 4.31 Å². The summed E-state index contributed by atoms with van der Waals surface area (Å²) in [4.78, 5) is 6.06. The van der Waals surface area contributed by atoms with Crippen molar-refractivity contribution in [1.29, 1.82) is 0 Å². The first-order valence-electron chi connectivity index (χ1n) is 10.8. The molecule has 10 heteroatoms. The molecular formula is C22H25FN6O2S. The summed E-state index contributed by atoms with van der Waals surface area (Å²) >= 11 is 0. The summed E-state index contributed by atoms with van der Waals surface area (Å²) in [7, 11) is -1.40. The third kappa shape index (κ3) is 3.72. The van der Waals surface area contributed by atoms with E-state index in [-0.39, 0.29) is 5.75 Å². The zero-order valence-electron chi connectivity index (χ0n) is 17.9. The van der Waals surface area contributed by atoms with Crippen molar-refractivity contribution in [3.63, 3.8) is 0 Å². The van der Waals surface area contributed by atoms with Gasteiger partial charge in [-0.15, -0.1) is 10.2 Å². The molecule has 168 valence electrons. The zero-order chi connectivity index (χ0) is 22.3. The number of anilines is 2. The number of sulfonamides is 1. The molecule has 1 aromatic carbocycles. The second-order valence-electron chi connectivity index (χ2n) is 8.35. The average molecular weight is 457 g/mol. The molecule has 2 aromatic heterocycles. The third-order valence-electron chi connectivity index (χ3n) is 6.34. The fourth-order valence-electron chi connectivity index (χ4n) is 4.77. The van der Waals surface area contributed by atoms with Gasteiger partial charge in [0, 0.05) is 49.9 Å². The number of pyridine rings is 1. The number of benzene rings is 1. The Morgan fingerprint density at radius 1 is 1.09 bits per heavy atom. The number of aromatic nitrogens is 4. The van der Waals surface area contributed by atoms with Crippen LogP contribution in [0.1, 0.15) is 31.0 Å². The first-order valence-corrected chi connectivity index (χ1v) is 12.4. The largest absolute Gasteiger partial charge is 0.369 e. The minimum Gasteiger partial charge on any atom is -0.369 e. The average Bonchev–Trinajstić information content (AvgIpc) is 3.38. The van der Waals surface area contributed by atoms with Crippen molar-refractivity contribution in [3.05, 3.63) is 54.6 Å². The Balaban J connectivity index is 1.55. The van der Waals surface area contributed by atoms with E-state index in [4.69, 9.17) is 0 Å². The van der Waals surface area contributed by atoms with Gasteiger partial charge in [0.1, 0.15) is 12.2 Å². The number of hydrogen-bond acceptors (Lipinski definition) is 6. The van der Waals surface area contributed by atoms with Crippen molar-refractivity contribution in [3.8, 4) is 11.1 Å². The number of nitrogens with zero attached hydrogens (tertiary/aromatic N) is 6. The van der Waals surface area contributed by atoms with Crippen molar-refractivity contribution < 1.29 is 12.8 Å². The molecule has 0 saturated carbocycles. The highest BCUT2D eigenvalue weighted by Crippen LogP contribution is 2.43. The quantitative estimate of drug-likeness (QED) is 0.562. The van der Waals surface area contributed by atoms with Crippen LogP contribution < -0.4 is 9.21 Å². The maximum atomic E-state index is 13.5. The molecule has 8 nitrogen and oxygen atoms in total. The summed E-state index contributed by atoms with van der Waals surface area (Å²) in [5.41, 5.74) is 3.16. The van der Waals surface area contributed by atoms with Crippen molar-refractivity contribution in [2.24, 2.45) is 7.05 Å². The van der Waals surface area contributed by atoms with E-state index in [2.05, 4.69) is 20.1 Å². The molecule has 0 radical (unpaired) electrons. The SMILES string of the molecule is Cn1cnnc1C1CCN(c2c(-c3ccc(F)nc3)cccc2N2CCCS2(=O)=O)CC1. The molecule has 0 N–H and O–H groups in total. The predicted molar refractivity (Wildman–Crippen MR) is 121 cm³/mol. The lowest BCUT2D eigenvalue weighted by Crippen LogP contribution is -2.36. The number of para-hydroxylation sites is 1. The Hall–Kier alpha value is -3.01. The Morgan fingerprint density at radius 2 is 1.91 bits per heavy atom. The molecule has 2 saturated heterocycles. The van der Waals surface area contributed by atoms with Crippen molar-refractivity contribution in [2.75, 3.05) is 34.6 Å². The highest BCUT2D eigenvalue weighted by atomic mass is 32.2. The molecule has 32 heavy (non-hydrogen) atoms. The van der Waals surface area contributed by atoms with E-state index in [1.54, 1.807) is 12.4 Å². The fourth-order valence-corrected chi connectivity index (χ4v) is 6.33. The molecule has 0 spiro atoms. The van der Waals surface area contributed by atoms with Crippen molar-refractivity contribution in [1.82, 2.24) is 19.7 Å². The molecule has 3 aromatic rings. The molecule has 2 fully saturated rings. The number of aryl methyl sites for hydroxylation is 1. The molecule has 5 rings (SSSR count).